The summed E-state index contributed by atoms with van der Waals surface area (Å²) in [4.78, 5) is 20.8. The summed E-state index contributed by atoms with van der Waals surface area (Å²) in [6, 6.07) is 4.17. The molecule has 0 atom stereocenters. The van der Waals surface area contributed by atoms with Crippen molar-refractivity contribution >= 4 is 17.3 Å². The SMILES string of the molecule is CC(=O)NCC#Cc1cc(N)ccc1[N+](=O)[O-]. The standard InChI is InChI=1S/C11H11N3O3/c1-8(15)13-6-2-3-9-7-10(12)4-5-11(9)14(16)17/h4-5,7H,6,12H2,1H3,(H,13,15). The number of carbonyl (C=O) groups is 1. The van der Waals surface area contributed by atoms with Crippen molar-refractivity contribution in [2.24, 2.45) is 0 Å². The van der Waals surface area contributed by atoms with Gasteiger partial charge < -0.3 is 11.1 Å². The lowest BCUT2D eigenvalue weighted by molar-refractivity contribution is -0.385. The fourth-order valence-electron chi connectivity index (χ4n) is 1.12. The van der Waals surface area contributed by atoms with Crippen molar-refractivity contribution in [1.82, 2.24) is 5.32 Å². The summed E-state index contributed by atoms with van der Waals surface area (Å²) < 4.78 is 0. The minimum atomic E-state index is -0.526. The average Bonchev–Trinajstić information content (AvgIpc) is 2.23. The highest BCUT2D eigenvalue weighted by atomic mass is 16.6. The Bertz CT molecular complexity index is 514. The molecule has 0 saturated heterocycles. The Morgan fingerprint density at radius 1 is 1.59 bits per heavy atom. The Labute approximate surface area is 98.0 Å². The first kappa shape index (κ1) is 12.5. The molecule has 88 valence electrons. The Morgan fingerprint density at radius 2 is 2.29 bits per heavy atom. The van der Waals surface area contributed by atoms with E-state index >= 15 is 0 Å². The highest BCUT2D eigenvalue weighted by Gasteiger charge is 2.11. The second-order valence-corrected chi connectivity index (χ2v) is 3.25. The van der Waals surface area contributed by atoms with Gasteiger partial charge in [-0.05, 0) is 12.1 Å². The van der Waals surface area contributed by atoms with E-state index in [0.29, 0.717) is 5.69 Å². The van der Waals surface area contributed by atoms with Crippen LogP contribution >= 0.6 is 0 Å². The van der Waals surface area contributed by atoms with Crippen LogP contribution in [-0.2, 0) is 4.79 Å². The average molecular weight is 233 g/mol. The first-order chi connectivity index (χ1) is 8.00. The number of nitrogens with one attached hydrogen (secondary N) is 1. The fourth-order valence-corrected chi connectivity index (χ4v) is 1.12. The van der Waals surface area contributed by atoms with Crippen LogP contribution in [0.1, 0.15) is 12.5 Å². The smallest absolute Gasteiger partial charge is 0.285 e. The van der Waals surface area contributed by atoms with Crippen molar-refractivity contribution in [2.45, 2.75) is 6.92 Å². The van der Waals surface area contributed by atoms with Gasteiger partial charge in [0.1, 0.15) is 5.56 Å². The van der Waals surface area contributed by atoms with E-state index in [0.717, 1.165) is 0 Å². The van der Waals surface area contributed by atoms with Crippen LogP contribution < -0.4 is 11.1 Å². The third kappa shape index (κ3) is 3.83. The van der Waals surface area contributed by atoms with E-state index in [4.69, 9.17) is 5.73 Å². The van der Waals surface area contributed by atoms with Crippen LogP contribution in [0.25, 0.3) is 0 Å². The summed E-state index contributed by atoms with van der Waals surface area (Å²) in [5, 5.41) is 13.2. The van der Waals surface area contributed by atoms with E-state index in [1.165, 1.54) is 25.1 Å². The minimum absolute atomic E-state index is 0.102. The first-order valence-electron chi connectivity index (χ1n) is 4.78. The van der Waals surface area contributed by atoms with Crippen molar-refractivity contribution in [3.05, 3.63) is 33.9 Å². The lowest BCUT2D eigenvalue weighted by Crippen LogP contribution is -2.19. The lowest BCUT2D eigenvalue weighted by atomic mass is 10.1. The Morgan fingerprint density at radius 3 is 2.88 bits per heavy atom. The third-order valence-electron chi connectivity index (χ3n) is 1.87. The molecular weight excluding hydrogens is 222 g/mol. The molecule has 0 fully saturated rings. The van der Waals surface area contributed by atoms with Crippen LogP contribution in [0.3, 0.4) is 0 Å². The quantitative estimate of drug-likeness (QED) is 0.339. The Hall–Kier alpha value is -2.55. The second-order valence-electron chi connectivity index (χ2n) is 3.25. The maximum atomic E-state index is 10.7. The second kappa shape index (κ2) is 5.51. The van der Waals surface area contributed by atoms with Crippen LogP contribution in [0.2, 0.25) is 0 Å². The molecule has 0 spiro atoms. The molecule has 3 N–H and O–H groups in total. The van der Waals surface area contributed by atoms with Crippen molar-refractivity contribution in [3.8, 4) is 11.8 Å². The number of nitro benzene ring substituents is 1. The zero-order valence-corrected chi connectivity index (χ0v) is 9.19. The highest BCUT2D eigenvalue weighted by Crippen LogP contribution is 2.19. The monoisotopic (exact) mass is 233 g/mol. The van der Waals surface area contributed by atoms with E-state index in [1.807, 2.05) is 0 Å². The molecule has 1 aromatic rings. The Balaban J connectivity index is 2.92. The zero-order chi connectivity index (χ0) is 12.8. The van der Waals surface area contributed by atoms with Gasteiger partial charge in [-0.3, -0.25) is 14.9 Å². The topological polar surface area (TPSA) is 98.3 Å². The predicted molar refractivity (Wildman–Crippen MR) is 63.1 cm³/mol. The summed E-state index contributed by atoms with van der Waals surface area (Å²) in [5.41, 5.74) is 6.06. The number of amides is 1. The molecule has 0 aromatic heterocycles. The molecule has 0 unspecified atom stereocenters. The van der Waals surface area contributed by atoms with E-state index in [9.17, 15) is 14.9 Å². The van der Waals surface area contributed by atoms with Crippen molar-refractivity contribution in [1.29, 1.82) is 0 Å². The van der Waals surface area contributed by atoms with Gasteiger partial charge in [0.2, 0.25) is 5.91 Å². The first-order valence-corrected chi connectivity index (χ1v) is 4.78. The van der Waals surface area contributed by atoms with E-state index in [-0.39, 0.29) is 23.7 Å². The summed E-state index contributed by atoms with van der Waals surface area (Å²) in [5.74, 6) is 5.01. The van der Waals surface area contributed by atoms with Gasteiger partial charge in [-0.1, -0.05) is 11.8 Å². The van der Waals surface area contributed by atoms with Crippen molar-refractivity contribution in [2.75, 3.05) is 12.3 Å². The number of hydrogen-bond acceptors (Lipinski definition) is 4. The fraction of sp³-hybridized carbons (Fsp3) is 0.182. The zero-order valence-electron chi connectivity index (χ0n) is 9.19. The van der Waals surface area contributed by atoms with Gasteiger partial charge in [-0.15, -0.1) is 0 Å². The summed E-state index contributed by atoms with van der Waals surface area (Å²) in [6.45, 7) is 1.51. The molecule has 0 aliphatic carbocycles. The van der Waals surface area contributed by atoms with Gasteiger partial charge in [0.25, 0.3) is 5.69 Å². The molecule has 6 heteroatoms. The van der Waals surface area contributed by atoms with Crippen LogP contribution in [0.5, 0.6) is 0 Å². The number of nitro groups is 1. The minimum Gasteiger partial charge on any atom is -0.399 e. The van der Waals surface area contributed by atoms with Crippen LogP contribution in [0.4, 0.5) is 11.4 Å². The van der Waals surface area contributed by atoms with Gasteiger partial charge in [-0.25, -0.2) is 0 Å². The van der Waals surface area contributed by atoms with Gasteiger partial charge in [-0.2, -0.15) is 0 Å². The third-order valence-corrected chi connectivity index (χ3v) is 1.87. The largest absolute Gasteiger partial charge is 0.399 e. The van der Waals surface area contributed by atoms with Gasteiger partial charge >= 0.3 is 0 Å². The normalized spacial score (nSPS) is 9.00. The molecule has 0 aliphatic heterocycles. The van der Waals surface area contributed by atoms with Gasteiger partial charge in [0.15, 0.2) is 0 Å². The number of nitrogens with zero attached hydrogens (tertiary/aromatic N) is 1. The molecule has 0 radical (unpaired) electrons. The van der Waals surface area contributed by atoms with Crippen LogP contribution in [0, 0.1) is 22.0 Å². The number of nitrogens with two attached hydrogens (primary N) is 1. The lowest BCUT2D eigenvalue weighted by Gasteiger charge is -1.97. The summed E-state index contributed by atoms with van der Waals surface area (Å²) in [7, 11) is 0. The molecule has 0 heterocycles. The van der Waals surface area contributed by atoms with E-state index in [1.54, 1.807) is 0 Å². The van der Waals surface area contributed by atoms with Crippen LogP contribution in [0.15, 0.2) is 18.2 Å². The summed E-state index contributed by atoms with van der Waals surface area (Å²) in [6.07, 6.45) is 0. The number of hydrogen-bond donors (Lipinski definition) is 2. The number of anilines is 1. The maximum Gasteiger partial charge on any atom is 0.285 e. The number of nitrogen functional groups attached to an aromatic ring is 1. The highest BCUT2D eigenvalue weighted by molar-refractivity contribution is 5.73. The molecule has 17 heavy (non-hydrogen) atoms. The molecule has 1 aromatic carbocycles. The van der Waals surface area contributed by atoms with E-state index < -0.39 is 4.92 Å². The van der Waals surface area contributed by atoms with Crippen LogP contribution in [-0.4, -0.2) is 17.4 Å². The number of benzene rings is 1. The predicted octanol–water partition coefficient (Wildman–Crippen LogP) is 0.665. The van der Waals surface area contributed by atoms with Crippen molar-refractivity contribution < 1.29 is 9.72 Å². The molecule has 1 rings (SSSR count). The number of rotatable bonds is 2. The molecule has 0 aliphatic rings. The van der Waals surface area contributed by atoms with E-state index in [2.05, 4.69) is 17.2 Å². The molecular formula is C11H11N3O3. The van der Waals surface area contributed by atoms with Gasteiger partial charge in [0.05, 0.1) is 11.5 Å². The Kier molecular flexibility index (Phi) is 4.06. The van der Waals surface area contributed by atoms with Crippen molar-refractivity contribution in [3.63, 3.8) is 0 Å². The number of carbonyl (C=O) groups excluding carboxylic acids is 1. The molecule has 0 bridgehead atoms. The maximum absolute atomic E-state index is 10.7. The molecule has 6 nitrogen and oxygen atoms in total. The molecule has 1 amide bonds. The van der Waals surface area contributed by atoms with Gasteiger partial charge in [0, 0.05) is 18.7 Å². The summed E-state index contributed by atoms with van der Waals surface area (Å²) >= 11 is 0. The molecule has 0 saturated carbocycles.